The highest BCUT2D eigenvalue weighted by atomic mass is 16.5. The van der Waals surface area contributed by atoms with Gasteiger partial charge < -0.3 is 9.58 Å². The summed E-state index contributed by atoms with van der Waals surface area (Å²) in [6, 6.07) is 9.33. The average Bonchev–Trinajstić information content (AvgIpc) is 2.29. The van der Waals surface area contributed by atoms with E-state index in [0.717, 1.165) is 11.3 Å². The zero-order chi connectivity index (χ0) is 11.1. The summed E-state index contributed by atoms with van der Waals surface area (Å²) in [7, 11) is 1.60. The van der Waals surface area contributed by atoms with E-state index in [0.29, 0.717) is 5.57 Å². The maximum Gasteiger partial charge on any atom is 0.249 e. The number of rotatable bonds is 3. The normalized spacial score (nSPS) is 10.2. The molecule has 74 valence electrons. The van der Waals surface area contributed by atoms with E-state index in [4.69, 9.17) is 16.6 Å². The van der Waals surface area contributed by atoms with Crippen LogP contribution in [0.2, 0.25) is 0 Å². The zero-order valence-corrected chi connectivity index (χ0v) is 8.40. The molecule has 0 bridgehead atoms. The van der Waals surface area contributed by atoms with Gasteiger partial charge in [0.25, 0.3) is 0 Å². The number of nitriles is 1. The molecule has 3 nitrogen and oxygen atoms in total. The maximum absolute atomic E-state index is 8.73. The molecule has 1 aromatic rings. The van der Waals surface area contributed by atoms with Crippen LogP contribution in [-0.4, -0.2) is 13.7 Å². The number of nitrogens with zero attached hydrogens (tertiary/aromatic N) is 2. The molecule has 0 amide bonds. The summed E-state index contributed by atoms with van der Waals surface area (Å²) >= 11 is 0. The summed E-state index contributed by atoms with van der Waals surface area (Å²) in [6.45, 7) is 6.81. The maximum atomic E-state index is 8.73. The summed E-state index contributed by atoms with van der Waals surface area (Å²) in [5.41, 5.74) is 1.37. The molecule has 0 aliphatic rings. The van der Waals surface area contributed by atoms with E-state index in [1.807, 2.05) is 30.3 Å². The fourth-order valence-corrected chi connectivity index (χ4v) is 1.10. The molecule has 0 heterocycles. The minimum Gasteiger partial charge on any atom is -0.497 e. The molecule has 0 spiro atoms. The zero-order valence-electron chi connectivity index (χ0n) is 8.40. The fraction of sp³-hybridized carbons (Fsp3) is 0.167. The van der Waals surface area contributed by atoms with Crippen LogP contribution in [0.1, 0.15) is 5.56 Å². The van der Waals surface area contributed by atoms with E-state index in [9.17, 15) is 0 Å². The summed E-state index contributed by atoms with van der Waals surface area (Å²) < 4.78 is 5.01. The number of benzene rings is 1. The van der Waals surface area contributed by atoms with Gasteiger partial charge in [0.1, 0.15) is 17.4 Å². The number of hydrogen-bond acceptors (Lipinski definition) is 2. The third-order valence-corrected chi connectivity index (χ3v) is 1.85. The van der Waals surface area contributed by atoms with Crippen molar-refractivity contribution in [3.05, 3.63) is 46.8 Å². The molecular formula is C12H10N2O. The summed E-state index contributed by atoms with van der Waals surface area (Å²) in [6.07, 6.45) is 1.71. The van der Waals surface area contributed by atoms with Crippen molar-refractivity contribution in [1.29, 1.82) is 5.26 Å². The van der Waals surface area contributed by atoms with Gasteiger partial charge >= 0.3 is 0 Å². The van der Waals surface area contributed by atoms with Crippen LogP contribution in [0.3, 0.4) is 0 Å². The van der Waals surface area contributed by atoms with Crippen molar-refractivity contribution >= 4 is 6.08 Å². The molecule has 0 fully saturated rings. The van der Waals surface area contributed by atoms with Crippen molar-refractivity contribution in [2.45, 2.75) is 0 Å². The van der Waals surface area contributed by atoms with Gasteiger partial charge in [0.15, 0.2) is 0 Å². The fourth-order valence-electron chi connectivity index (χ4n) is 1.10. The smallest absolute Gasteiger partial charge is 0.249 e. The quantitative estimate of drug-likeness (QED) is 0.552. The van der Waals surface area contributed by atoms with E-state index < -0.39 is 0 Å². The van der Waals surface area contributed by atoms with Crippen molar-refractivity contribution in [3.63, 3.8) is 0 Å². The van der Waals surface area contributed by atoms with Gasteiger partial charge in [0.05, 0.1) is 7.11 Å². The second-order valence-corrected chi connectivity index (χ2v) is 2.87. The Morgan fingerprint density at radius 3 is 2.67 bits per heavy atom. The lowest BCUT2D eigenvalue weighted by Gasteiger charge is -1.98. The first-order valence-corrected chi connectivity index (χ1v) is 4.38. The van der Waals surface area contributed by atoms with Crippen LogP contribution >= 0.6 is 0 Å². The molecule has 0 aromatic heterocycles. The van der Waals surface area contributed by atoms with Gasteiger partial charge in [-0.2, -0.15) is 5.26 Å². The van der Waals surface area contributed by atoms with Crippen molar-refractivity contribution in [2.24, 2.45) is 0 Å². The molecule has 0 aliphatic carbocycles. The van der Waals surface area contributed by atoms with Crippen LogP contribution in [0, 0.1) is 17.9 Å². The lowest BCUT2D eigenvalue weighted by molar-refractivity contribution is 0.415. The Labute approximate surface area is 89.0 Å². The van der Waals surface area contributed by atoms with E-state index in [-0.39, 0.29) is 6.54 Å². The van der Waals surface area contributed by atoms with Crippen molar-refractivity contribution in [3.8, 4) is 11.8 Å². The second kappa shape index (κ2) is 5.47. The Kier molecular flexibility index (Phi) is 3.94. The van der Waals surface area contributed by atoms with Crippen molar-refractivity contribution in [2.75, 3.05) is 13.7 Å². The molecule has 0 saturated carbocycles. The Bertz CT molecular complexity index is 432. The third kappa shape index (κ3) is 3.17. The molecule has 15 heavy (non-hydrogen) atoms. The minimum absolute atomic E-state index is 0.128. The minimum atomic E-state index is 0.128. The van der Waals surface area contributed by atoms with Crippen LogP contribution in [0.5, 0.6) is 5.75 Å². The van der Waals surface area contributed by atoms with Gasteiger partial charge in [-0.15, -0.1) is 0 Å². The summed E-state index contributed by atoms with van der Waals surface area (Å²) in [5.74, 6) is 0.774. The molecule has 0 saturated heterocycles. The van der Waals surface area contributed by atoms with Crippen LogP contribution in [0.15, 0.2) is 29.8 Å². The highest BCUT2D eigenvalue weighted by molar-refractivity contribution is 5.58. The molecule has 0 radical (unpaired) electrons. The monoisotopic (exact) mass is 198 g/mol. The average molecular weight is 198 g/mol. The number of hydrogen-bond donors (Lipinski definition) is 0. The van der Waals surface area contributed by atoms with Crippen molar-refractivity contribution < 1.29 is 4.74 Å². The Morgan fingerprint density at radius 2 is 2.20 bits per heavy atom. The standard InChI is InChI=1S/C12H10N2O/c1-14-9-11(8-13)7-10-3-5-12(15-2)6-4-10/h3-7H,9H2,2H3/b11-7+. The third-order valence-electron chi connectivity index (χ3n) is 1.85. The molecule has 1 rings (SSSR count). The first kappa shape index (κ1) is 10.8. The van der Waals surface area contributed by atoms with Crippen LogP contribution in [0.4, 0.5) is 0 Å². The summed E-state index contributed by atoms with van der Waals surface area (Å²) in [4.78, 5) is 3.17. The van der Waals surface area contributed by atoms with Crippen LogP contribution in [0.25, 0.3) is 10.9 Å². The molecule has 0 atom stereocenters. The first-order valence-electron chi connectivity index (χ1n) is 4.38. The lowest BCUT2D eigenvalue weighted by Crippen LogP contribution is -1.84. The molecule has 0 N–H and O–H groups in total. The van der Waals surface area contributed by atoms with Crippen LogP contribution < -0.4 is 4.74 Å². The van der Waals surface area contributed by atoms with Gasteiger partial charge in [-0.3, -0.25) is 0 Å². The molecule has 1 aromatic carbocycles. The Hall–Kier alpha value is -2.26. The van der Waals surface area contributed by atoms with E-state index in [1.54, 1.807) is 13.2 Å². The molecular weight excluding hydrogens is 188 g/mol. The van der Waals surface area contributed by atoms with Crippen molar-refractivity contribution in [1.82, 2.24) is 0 Å². The largest absolute Gasteiger partial charge is 0.497 e. The molecule has 0 aliphatic heterocycles. The molecule has 0 unspecified atom stereocenters. The second-order valence-electron chi connectivity index (χ2n) is 2.87. The molecule has 3 heteroatoms. The van der Waals surface area contributed by atoms with E-state index in [2.05, 4.69) is 4.85 Å². The Balaban J connectivity index is 2.89. The first-order chi connectivity index (χ1) is 7.30. The number of methoxy groups -OCH3 is 1. The summed E-state index contributed by atoms with van der Waals surface area (Å²) in [5, 5.41) is 8.73. The lowest BCUT2D eigenvalue weighted by atomic mass is 10.1. The van der Waals surface area contributed by atoms with Crippen LogP contribution in [-0.2, 0) is 0 Å². The van der Waals surface area contributed by atoms with E-state index >= 15 is 0 Å². The highest BCUT2D eigenvalue weighted by Gasteiger charge is 1.98. The predicted molar refractivity (Wildman–Crippen MR) is 58.1 cm³/mol. The van der Waals surface area contributed by atoms with Gasteiger partial charge in [0.2, 0.25) is 6.54 Å². The Morgan fingerprint density at radius 1 is 1.53 bits per heavy atom. The topological polar surface area (TPSA) is 37.4 Å². The van der Waals surface area contributed by atoms with Gasteiger partial charge in [0, 0.05) is 0 Å². The highest BCUT2D eigenvalue weighted by Crippen LogP contribution is 2.13. The SMILES string of the molecule is [C-]#[N+]C/C(C#N)=C/c1ccc(OC)cc1. The van der Waals surface area contributed by atoms with Gasteiger partial charge in [-0.25, -0.2) is 6.57 Å². The van der Waals surface area contributed by atoms with Gasteiger partial charge in [-0.1, -0.05) is 12.1 Å². The van der Waals surface area contributed by atoms with Gasteiger partial charge in [-0.05, 0) is 23.8 Å². The number of ether oxygens (including phenoxy) is 1. The predicted octanol–water partition coefficient (Wildman–Crippen LogP) is 2.52. The van der Waals surface area contributed by atoms with E-state index in [1.165, 1.54) is 0 Å².